The quantitative estimate of drug-likeness (QED) is 0.516. The number of carbonyl (C=O) groups excluding carboxylic acids is 2. The second-order valence-corrected chi connectivity index (χ2v) is 10.3. The van der Waals surface area contributed by atoms with Crippen molar-refractivity contribution in [1.29, 1.82) is 0 Å². The van der Waals surface area contributed by atoms with Gasteiger partial charge in [0.1, 0.15) is 12.6 Å². The smallest absolute Gasteiger partial charge is 0.244 e. The summed E-state index contributed by atoms with van der Waals surface area (Å²) in [5.74, 6) is -0.747. The molecule has 2 rings (SSSR count). The molecule has 180 valence electrons. The maximum Gasteiger partial charge on any atom is 0.244 e. The van der Waals surface area contributed by atoms with Crippen LogP contribution in [0.3, 0.4) is 0 Å². The number of hydrogen-bond donors (Lipinski definition) is 1. The molecule has 2 aromatic rings. The second kappa shape index (κ2) is 12.0. The number of anilines is 1. The first-order valence-corrected chi connectivity index (χ1v) is 13.2. The summed E-state index contributed by atoms with van der Waals surface area (Å²) in [7, 11) is -3.81. The third-order valence-corrected chi connectivity index (χ3v) is 6.66. The molecule has 33 heavy (non-hydrogen) atoms. The summed E-state index contributed by atoms with van der Waals surface area (Å²) in [5.41, 5.74) is 2.14. The topological polar surface area (TPSA) is 86.8 Å². The van der Waals surface area contributed by atoms with Crippen LogP contribution in [0.4, 0.5) is 5.69 Å². The van der Waals surface area contributed by atoms with Gasteiger partial charge in [0.2, 0.25) is 21.8 Å². The summed E-state index contributed by atoms with van der Waals surface area (Å²) in [6, 6.07) is 13.4. The molecule has 2 amide bonds. The molecule has 0 fully saturated rings. The fraction of sp³-hybridized carbons (Fsp3) is 0.417. The van der Waals surface area contributed by atoms with Gasteiger partial charge in [-0.2, -0.15) is 0 Å². The highest BCUT2D eigenvalue weighted by atomic mass is 35.5. The number of para-hydroxylation sites is 1. The number of nitrogens with one attached hydrogen (secondary N) is 1. The van der Waals surface area contributed by atoms with Gasteiger partial charge in [-0.1, -0.05) is 67.4 Å². The van der Waals surface area contributed by atoms with Gasteiger partial charge in [-0.05, 0) is 37.5 Å². The molecule has 0 aliphatic rings. The van der Waals surface area contributed by atoms with Crippen LogP contribution in [-0.2, 0) is 26.2 Å². The number of rotatable bonds is 11. The Balaban J connectivity index is 2.42. The lowest BCUT2D eigenvalue weighted by Gasteiger charge is -2.33. The SMILES string of the molecule is CCCNC(=O)C(CC)N(Cc1ccc(C)cc1)C(=O)CN(c1ccccc1Cl)S(C)(=O)=O. The van der Waals surface area contributed by atoms with Crippen LogP contribution < -0.4 is 9.62 Å². The number of hydrogen-bond acceptors (Lipinski definition) is 4. The molecule has 0 aliphatic carbocycles. The number of halogens is 1. The number of benzene rings is 2. The fourth-order valence-electron chi connectivity index (χ4n) is 3.42. The van der Waals surface area contributed by atoms with Crippen LogP contribution in [0.25, 0.3) is 0 Å². The fourth-order valence-corrected chi connectivity index (χ4v) is 4.57. The summed E-state index contributed by atoms with van der Waals surface area (Å²) in [5, 5.41) is 3.07. The van der Waals surface area contributed by atoms with Crippen LogP contribution in [-0.4, -0.2) is 50.5 Å². The van der Waals surface area contributed by atoms with E-state index < -0.39 is 28.5 Å². The highest BCUT2D eigenvalue weighted by molar-refractivity contribution is 7.92. The third kappa shape index (κ3) is 7.47. The van der Waals surface area contributed by atoms with Gasteiger partial charge in [0.15, 0.2) is 0 Å². The molecule has 9 heteroatoms. The predicted molar refractivity (Wildman–Crippen MR) is 133 cm³/mol. The zero-order valence-electron chi connectivity index (χ0n) is 19.5. The number of carbonyl (C=O) groups is 2. The Labute approximate surface area is 201 Å². The van der Waals surface area contributed by atoms with E-state index in [1.807, 2.05) is 45.0 Å². The summed E-state index contributed by atoms with van der Waals surface area (Å²) < 4.78 is 26.1. The maximum absolute atomic E-state index is 13.5. The first kappa shape index (κ1) is 26.7. The molecule has 1 N–H and O–H groups in total. The van der Waals surface area contributed by atoms with Gasteiger partial charge < -0.3 is 10.2 Å². The zero-order valence-corrected chi connectivity index (χ0v) is 21.1. The molecule has 0 aliphatic heterocycles. The summed E-state index contributed by atoms with van der Waals surface area (Å²) in [6.07, 6.45) is 2.18. The van der Waals surface area contributed by atoms with Gasteiger partial charge in [0, 0.05) is 13.1 Å². The molecule has 0 radical (unpaired) electrons. The number of amides is 2. The molecule has 7 nitrogen and oxygen atoms in total. The van der Waals surface area contributed by atoms with Gasteiger partial charge in [-0.15, -0.1) is 0 Å². The molecular formula is C24H32ClN3O4S. The average molecular weight is 494 g/mol. The lowest BCUT2D eigenvalue weighted by molar-refractivity contribution is -0.140. The Morgan fingerprint density at radius 3 is 2.24 bits per heavy atom. The van der Waals surface area contributed by atoms with E-state index in [0.29, 0.717) is 13.0 Å². The van der Waals surface area contributed by atoms with Crippen LogP contribution in [0.1, 0.15) is 37.8 Å². The highest BCUT2D eigenvalue weighted by Crippen LogP contribution is 2.27. The standard InChI is InChI=1S/C24H32ClN3O4S/c1-5-15-26-24(30)21(6-2)27(16-19-13-11-18(3)12-14-19)23(29)17-28(33(4,31)32)22-10-8-7-9-20(22)25/h7-14,21H,5-6,15-17H2,1-4H3,(H,26,30). The van der Waals surface area contributed by atoms with Crippen molar-refractivity contribution < 1.29 is 18.0 Å². The first-order valence-electron chi connectivity index (χ1n) is 10.9. The van der Waals surface area contributed by atoms with Crippen LogP contribution in [0.2, 0.25) is 5.02 Å². The molecule has 0 aromatic heterocycles. The first-order chi connectivity index (χ1) is 15.6. The van der Waals surface area contributed by atoms with Crippen molar-refractivity contribution in [2.75, 3.05) is 23.7 Å². The molecule has 0 spiro atoms. The van der Waals surface area contributed by atoms with Crippen molar-refractivity contribution >= 4 is 39.1 Å². The van der Waals surface area contributed by atoms with Crippen LogP contribution in [0.15, 0.2) is 48.5 Å². The van der Waals surface area contributed by atoms with Gasteiger partial charge in [-0.3, -0.25) is 13.9 Å². The van der Waals surface area contributed by atoms with E-state index >= 15 is 0 Å². The molecule has 0 saturated carbocycles. The average Bonchev–Trinajstić information content (AvgIpc) is 2.77. The minimum absolute atomic E-state index is 0.178. The molecular weight excluding hydrogens is 462 g/mol. The number of nitrogens with zero attached hydrogens (tertiary/aromatic N) is 2. The lowest BCUT2D eigenvalue weighted by Crippen LogP contribution is -2.52. The van der Waals surface area contributed by atoms with Crippen molar-refractivity contribution in [2.24, 2.45) is 0 Å². The number of aryl methyl sites for hydroxylation is 1. The Bertz CT molecular complexity index is 1060. The minimum atomic E-state index is -3.81. The van der Waals surface area contributed by atoms with E-state index in [2.05, 4.69) is 5.32 Å². The molecule has 0 heterocycles. The largest absolute Gasteiger partial charge is 0.354 e. The van der Waals surface area contributed by atoms with Crippen LogP contribution in [0, 0.1) is 6.92 Å². The lowest BCUT2D eigenvalue weighted by atomic mass is 10.1. The Morgan fingerprint density at radius 2 is 1.70 bits per heavy atom. The van der Waals surface area contributed by atoms with E-state index in [1.54, 1.807) is 24.3 Å². The Hall–Kier alpha value is -2.58. The van der Waals surface area contributed by atoms with Crippen molar-refractivity contribution in [1.82, 2.24) is 10.2 Å². The number of sulfonamides is 1. The predicted octanol–water partition coefficient (Wildman–Crippen LogP) is 3.75. The van der Waals surface area contributed by atoms with E-state index in [0.717, 1.165) is 28.1 Å². The van der Waals surface area contributed by atoms with Crippen molar-refractivity contribution in [3.63, 3.8) is 0 Å². The van der Waals surface area contributed by atoms with E-state index in [4.69, 9.17) is 11.6 Å². The second-order valence-electron chi connectivity index (χ2n) is 7.94. The van der Waals surface area contributed by atoms with Gasteiger partial charge >= 0.3 is 0 Å². The Kier molecular flexibility index (Phi) is 9.73. The molecule has 1 unspecified atom stereocenters. The molecule has 1 atom stereocenters. The summed E-state index contributed by atoms with van der Waals surface area (Å²) >= 11 is 6.23. The van der Waals surface area contributed by atoms with Gasteiger partial charge in [-0.25, -0.2) is 8.42 Å². The summed E-state index contributed by atoms with van der Waals surface area (Å²) in [6.45, 7) is 5.95. The zero-order chi connectivity index (χ0) is 24.6. The van der Waals surface area contributed by atoms with E-state index in [-0.39, 0.29) is 23.2 Å². The normalized spacial score (nSPS) is 12.2. The van der Waals surface area contributed by atoms with Crippen molar-refractivity contribution in [2.45, 2.75) is 46.2 Å². The monoisotopic (exact) mass is 493 g/mol. The van der Waals surface area contributed by atoms with E-state index in [1.165, 1.54) is 4.90 Å². The van der Waals surface area contributed by atoms with E-state index in [9.17, 15) is 18.0 Å². The van der Waals surface area contributed by atoms with Crippen LogP contribution >= 0.6 is 11.6 Å². The van der Waals surface area contributed by atoms with Crippen LogP contribution in [0.5, 0.6) is 0 Å². The summed E-state index contributed by atoms with van der Waals surface area (Å²) in [4.78, 5) is 27.9. The highest BCUT2D eigenvalue weighted by Gasteiger charge is 2.32. The van der Waals surface area contributed by atoms with Crippen molar-refractivity contribution in [3.05, 3.63) is 64.7 Å². The maximum atomic E-state index is 13.5. The Morgan fingerprint density at radius 1 is 1.06 bits per heavy atom. The van der Waals surface area contributed by atoms with Gasteiger partial charge in [0.05, 0.1) is 17.0 Å². The molecule has 0 bridgehead atoms. The van der Waals surface area contributed by atoms with Gasteiger partial charge in [0.25, 0.3) is 0 Å². The van der Waals surface area contributed by atoms with Crippen molar-refractivity contribution in [3.8, 4) is 0 Å². The molecule has 2 aromatic carbocycles. The minimum Gasteiger partial charge on any atom is -0.354 e. The molecule has 0 saturated heterocycles. The third-order valence-electron chi connectivity index (χ3n) is 5.21.